The first kappa shape index (κ1) is 19.1. The summed E-state index contributed by atoms with van der Waals surface area (Å²) in [5, 5.41) is 3.63. The molecule has 2 aromatic carbocycles. The van der Waals surface area contributed by atoms with E-state index in [2.05, 4.69) is 22.3 Å². The van der Waals surface area contributed by atoms with E-state index < -0.39 is 0 Å². The molecule has 2 aromatic rings. The Balaban J connectivity index is 1.59. The van der Waals surface area contributed by atoms with Crippen molar-refractivity contribution in [2.45, 2.75) is 42.8 Å². The number of benzene rings is 2. The fourth-order valence-corrected chi connectivity index (χ4v) is 4.21. The Hall–Kier alpha value is -1.65. The first-order chi connectivity index (χ1) is 12.7. The predicted octanol–water partition coefficient (Wildman–Crippen LogP) is 5.84. The molecule has 1 fully saturated rings. The average Bonchev–Trinajstić information content (AvgIpc) is 2.68. The number of carbonyl (C=O) groups excluding carboxylic acids is 1. The van der Waals surface area contributed by atoms with Crippen molar-refractivity contribution in [3.05, 3.63) is 53.6 Å². The normalized spacial score (nSPS) is 15.5. The maximum absolute atomic E-state index is 12.6. The Morgan fingerprint density at radius 1 is 1.08 bits per heavy atom. The van der Waals surface area contributed by atoms with E-state index in [1.165, 1.54) is 24.9 Å². The lowest BCUT2D eigenvalue weighted by Crippen LogP contribution is -2.29. The minimum absolute atomic E-state index is 0.0400. The van der Waals surface area contributed by atoms with Gasteiger partial charge in [0.25, 0.3) is 0 Å². The molecule has 1 unspecified atom stereocenters. The number of amides is 1. The van der Waals surface area contributed by atoms with Crippen LogP contribution in [0.5, 0.6) is 0 Å². The molecule has 1 N–H and O–H groups in total. The maximum atomic E-state index is 12.6. The summed E-state index contributed by atoms with van der Waals surface area (Å²) in [4.78, 5) is 16.1. The van der Waals surface area contributed by atoms with E-state index in [-0.39, 0.29) is 11.2 Å². The monoisotopic (exact) mass is 388 g/mol. The second-order valence-corrected chi connectivity index (χ2v) is 8.27. The van der Waals surface area contributed by atoms with Crippen molar-refractivity contribution >= 4 is 40.6 Å². The third-order valence-electron chi connectivity index (χ3n) is 4.61. The molecular weight excluding hydrogens is 364 g/mol. The minimum atomic E-state index is -0.127. The van der Waals surface area contributed by atoms with Gasteiger partial charge >= 0.3 is 0 Å². The molecule has 0 bridgehead atoms. The van der Waals surface area contributed by atoms with Gasteiger partial charge in [0.1, 0.15) is 0 Å². The molecule has 3 nitrogen and oxygen atoms in total. The highest BCUT2D eigenvalue weighted by Crippen LogP contribution is 2.28. The lowest BCUT2D eigenvalue weighted by Gasteiger charge is -2.28. The van der Waals surface area contributed by atoms with E-state index in [4.69, 9.17) is 11.6 Å². The van der Waals surface area contributed by atoms with Gasteiger partial charge in [0.05, 0.1) is 5.25 Å². The number of hydrogen-bond acceptors (Lipinski definition) is 3. The second-order valence-electron chi connectivity index (χ2n) is 6.55. The molecule has 0 spiro atoms. The van der Waals surface area contributed by atoms with E-state index in [0.29, 0.717) is 5.02 Å². The quantitative estimate of drug-likeness (QED) is 0.631. The molecule has 1 heterocycles. The van der Waals surface area contributed by atoms with Gasteiger partial charge in [0, 0.05) is 34.4 Å². The van der Waals surface area contributed by atoms with E-state index >= 15 is 0 Å². The minimum Gasteiger partial charge on any atom is -0.372 e. The summed E-state index contributed by atoms with van der Waals surface area (Å²) < 4.78 is 0. The molecule has 0 radical (unpaired) electrons. The van der Waals surface area contributed by atoms with Crippen LogP contribution in [-0.2, 0) is 4.79 Å². The molecule has 1 amide bonds. The number of rotatable bonds is 6. The van der Waals surface area contributed by atoms with Crippen LogP contribution in [0.15, 0.2) is 53.4 Å². The van der Waals surface area contributed by atoms with Gasteiger partial charge < -0.3 is 10.2 Å². The van der Waals surface area contributed by atoms with Crippen molar-refractivity contribution in [3.63, 3.8) is 0 Å². The number of nitrogens with one attached hydrogen (secondary N) is 1. The molecular formula is C21H25ClN2OS. The Bertz CT molecular complexity index is 712. The topological polar surface area (TPSA) is 32.3 Å². The summed E-state index contributed by atoms with van der Waals surface area (Å²) in [5.74, 6) is 0.0400. The molecule has 1 atom stereocenters. The molecule has 26 heavy (non-hydrogen) atoms. The van der Waals surface area contributed by atoms with Crippen LogP contribution < -0.4 is 10.2 Å². The standard InChI is InChI=1S/C21H25ClN2OS/c1-2-20(26-19-12-6-16(22)7-13-19)21(25)23-17-8-10-18(11-9-17)24-14-4-3-5-15-24/h6-13,20H,2-5,14-15H2,1H3,(H,23,25). The number of hydrogen-bond donors (Lipinski definition) is 1. The van der Waals surface area contributed by atoms with E-state index in [9.17, 15) is 4.79 Å². The lowest BCUT2D eigenvalue weighted by atomic mass is 10.1. The number of halogens is 1. The number of piperidine rings is 1. The summed E-state index contributed by atoms with van der Waals surface area (Å²) in [6, 6.07) is 15.8. The highest BCUT2D eigenvalue weighted by molar-refractivity contribution is 8.00. The number of thioether (sulfide) groups is 1. The fourth-order valence-electron chi connectivity index (χ4n) is 3.13. The van der Waals surface area contributed by atoms with Crippen molar-refractivity contribution < 1.29 is 4.79 Å². The van der Waals surface area contributed by atoms with Gasteiger partial charge in [-0.3, -0.25) is 4.79 Å². The largest absolute Gasteiger partial charge is 0.372 e. The molecule has 0 saturated carbocycles. The summed E-state index contributed by atoms with van der Waals surface area (Å²) in [7, 11) is 0. The highest BCUT2D eigenvalue weighted by atomic mass is 35.5. The maximum Gasteiger partial charge on any atom is 0.237 e. The second kappa shape index (κ2) is 9.33. The van der Waals surface area contributed by atoms with Crippen molar-refractivity contribution in [3.8, 4) is 0 Å². The Morgan fingerprint density at radius 3 is 2.35 bits per heavy atom. The molecule has 1 aliphatic rings. The van der Waals surface area contributed by atoms with Gasteiger partial charge in [-0.05, 0) is 74.2 Å². The van der Waals surface area contributed by atoms with Crippen molar-refractivity contribution in [2.75, 3.05) is 23.3 Å². The van der Waals surface area contributed by atoms with Crippen LogP contribution in [0.3, 0.4) is 0 Å². The van der Waals surface area contributed by atoms with E-state index in [1.54, 1.807) is 11.8 Å². The van der Waals surface area contributed by atoms with Crippen LogP contribution in [0.25, 0.3) is 0 Å². The van der Waals surface area contributed by atoms with E-state index in [1.807, 2.05) is 43.3 Å². The molecule has 0 aliphatic carbocycles. The first-order valence-corrected chi connectivity index (χ1v) is 10.5. The van der Waals surface area contributed by atoms with Gasteiger partial charge in [-0.15, -0.1) is 11.8 Å². The van der Waals surface area contributed by atoms with Crippen molar-refractivity contribution in [1.82, 2.24) is 0 Å². The van der Waals surface area contributed by atoms with Crippen LogP contribution in [0.1, 0.15) is 32.6 Å². The summed E-state index contributed by atoms with van der Waals surface area (Å²) in [6.45, 7) is 4.29. The van der Waals surface area contributed by atoms with Gasteiger partial charge in [-0.1, -0.05) is 18.5 Å². The third kappa shape index (κ3) is 5.18. The SMILES string of the molecule is CCC(Sc1ccc(Cl)cc1)C(=O)Nc1ccc(N2CCCCC2)cc1. The average molecular weight is 389 g/mol. The first-order valence-electron chi connectivity index (χ1n) is 9.24. The molecule has 5 heteroatoms. The predicted molar refractivity (Wildman–Crippen MR) is 113 cm³/mol. The van der Waals surface area contributed by atoms with Gasteiger partial charge in [0.2, 0.25) is 5.91 Å². The summed E-state index contributed by atoms with van der Waals surface area (Å²) >= 11 is 7.50. The number of carbonyl (C=O) groups is 1. The third-order valence-corrected chi connectivity index (χ3v) is 6.24. The van der Waals surface area contributed by atoms with Crippen LogP contribution in [-0.4, -0.2) is 24.2 Å². The zero-order chi connectivity index (χ0) is 18.4. The Labute approximate surface area is 165 Å². The van der Waals surface area contributed by atoms with Crippen LogP contribution in [0.4, 0.5) is 11.4 Å². The van der Waals surface area contributed by atoms with E-state index in [0.717, 1.165) is 30.1 Å². The Kier molecular flexibility index (Phi) is 6.86. The Morgan fingerprint density at radius 2 is 1.73 bits per heavy atom. The van der Waals surface area contributed by atoms with Crippen LogP contribution in [0, 0.1) is 0 Å². The van der Waals surface area contributed by atoms with Crippen LogP contribution >= 0.6 is 23.4 Å². The van der Waals surface area contributed by atoms with Crippen molar-refractivity contribution in [2.24, 2.45) is 0 Å². The van der Waals surface area contributed by atoms with Crippen LogP contribution in [0.2, 0.25) is 5.02 Å². The zero-order valence-electron chi connectivity index (χ0n) is 15.1. The summed E-state index contributed by atoms with van der Waals surface area (Å²) in [5.41, 5.74) is 2.09. The molecule has 138 valence electrons. The van der Waals surface area contributed by atoms with Gasteiger partial charge in [-0.25, -0.2) is 0 Å². The fraction of sp³-hybridized carbons (Fsp3) is 0.381. The summed E-state index contributed by atoms with van der Waals surface area (Å²) in [6.07, 6.45) is 4.62. The molecule has 1 aliphatic heterocycles. The smallest absolute Gasteiger partial charge is 0.237 e. The molecule has 3 rings (SSSR count). The lowest BCUT2D eigenvalue weighted by molar-refractivity contribution is -0.115. The number of anilines is 2. The van der Waals surface area contributed by atoms with Crippen molar-refractivity contribution in [1.29, 1.82) is 0 Å². The highest BCUT2D eigenvalue weighted by Gasteiger charge is 2.18. The zero-order valence-corrected chi connectivity index (χ0v) is 16.7. The molecule has 0 aromatic heterocycles. The number of nitrogens with zero attached hydrogens (tertiary/aromatic N) is 1. The van der Waals surface area contributed by atoms with Gasteiger partial charge in [-0.2, -0.15) is 0 Å². The molecule has 1 saturated heterocycles. The van der Waals surface area contributed by atoms with Gasteiger partial charge in [0.15, 0.2) is 0 Å².